The van der Waals surface area contributed by atoms with E-state index < -0.39 is 0 Å². The zero-order valence-electron chi connectivity index (χ0n) is 15.4. The molecule has 0 aliphatic carbocycles. The molecule has 1 aromatic carbocycles. The number of likely N-dealkylation sites (tertiary alicyclic amines) is 1. The lowest BCUT2D eigenvalue weighted by Gasteiger charge is -2.32. The summed E-state index contributed by atoms with van der Waals surface area (Å²) in [6.07, 6.45) is 4.31. The van der Waals surface area contributed by atoms with E-state index in [9.17, 15) is 4.79 Å². The normalized spacial score (nSPS) is 16.6. The monoisotopic (exact) mass is 377 g/mol. The van der Waals surface area contributed by atoms with E-state index in [0.29, 0.717) is 18.8 Å². The maximum absolute atomic E-state index is 13.0. The fraction of sp³-hybridized carbons (Fsp3) is 0.300. The predicted octanol–water partition coefficient (Wildman–Crippen LogP) is 2.52. The van der Waals surface area contributed by atoms with Crippen molar-refractivity contribution < 1.29 is 14.3 Å². The van der Waals surface area contributed by atoms with E-state index in [1.165, 1.54) is 12.4 Å². The smallest absolute Gasteiger partial charge is 0.270 e. The molecule has 1 amide bonds. The van der Waals surface area contributed by atoms with Crippen LogP contribution < -0.4 is 9.47 Å². The van der Waals surface area contributed by atoms with Gasteiger partial charge in [-0.25, -0.2) is 9.97 Å². The van der Waals surface area contributed by atoms with E-state index in [2.05, 4.69) is 15.0 Å². The van der Waals surface area contributed by atoms with Gasteiger partial charge < -0.3 is 19.4 Å². The highest BCUT2D eigenvalue weighted by Crippen LogP contribution is 2.24. The number of nitrogens with zero attached hydrogens (tertiary/aromatic N) is 4. The Hall–Kier alpha value is -3.60. The van der Waals surface area contributed by atoms with Crippen LogP contribution in [0.5, 0.6) is 11.6 Å². The second-order valence-electron chi connectivity index (χ2n) is 6.59. The summed E-state index contributed by atoms with van der Waals surface area (Å²) in [6, 6.07) is 9.47. The van der Waals surface area contributed by atoms with Gasteiger partial charge in [-0.1, -0.05) is 0 Å². The molecular formula is C20H19N5O3. The molecule has 0 radical (unpaired) electrons. The molecule has 1 fully saturated rings. The van der Waals surface area contributed by atoms with Crippen LogP contribution in [-0.4, -0.2) is 52.1 Å². The van der Waals surface area contributed by atoms with Crippen LogP contribution in [0, 0.1) is 11.3 Å². The van der Waals surface area contributed by atoms with Gasteiger partial charge in [-0.2, -0.15) is 5.26 Å². The predicted molar refractivity (Wildman–Crippen MR) is 101 cm³/mol. The number of methoxy groups -OCH3 is 1. The van der Waals surface area contributed by atoms with Crippen LogP contribution in [0.4, 0.5) is 0 Å². The molecule has 1 saturated heterocycles. The molecule has 8 heteroatoms. The number of amides is 1. The average Bonchev–Trinajstić information content (AvgIpc) is 3.17. The Morgan fingerprint density at radius 2 is 2.18 bits per heavy atom. The van der Waals surface area contributed by atoms with Crippen molar-refractivity contribution in [3.63, 3.8) is 0 Å². The molecule has 0 spiro atoms. The number of H-pyrrole nitrogens is 1. The largest absolute Gasteiger partial charge is 0.497 e. The fourth-order valence-electron chi connectivity index (χ4n) is 3.38. The summed E-state index contributed by atoms with van der Waals surface area (Å²) in [6.45, 7) is 1.09. The number of fused-ring (bicyclic) bond motifs is 1. The van der Waals surface area contributed by atoms with Gasteiger partial charge >= 0.3 is 0 Å². The van der Waals surface area contributed by atoms with E-state index in [-0.39, 0.29) is 23.6 Å². The van der Waals surface area contributed by atoms with Gasteiger partial charge in [0.05, 0.1) is 13.7 Å². The molecule has 8 nitrogen and oxygen atoms in total. The zero-order valence-corrected chi connectivity index (χ0v) is 15.4. The zero-order chi connectivity index (χ0) is 19.5. The van der Waals surface area contributed by atoms with Crippen molar-refractivity contribution in [2.75, 3.05) is 20.2 Å². The third-order valence-corrected chi connectivity index (χ3v) is 4.77. The summed E-state index contributed by atoms with van der Waals surface area (Å²) >= 11 is 0. The summed E-state index contributed by atoms with van der Waals surface area (Å²) in [4.78, 5) is 26.0. The minimum absolute atomic E-state index is 0.0804. The Morgan fingerprint density at radius 1 is 1.32 bits per heavy atom. The third-order valence-electron chi connectivity index (χ3n) is 4.77. The summed E-state index contributed by atoms with van der Waals surface area (Å²) in [5.41, 5.74) is 1.53. The third kappa shape index (κ3) is 3.47. The lowest BCUT2D eigenvalue weighted by molar-refractivity contribution is 0.0522. The summed E-state index contributed by atoms with van der Waals surface area (Å²) in [5.74, 6) is 0.863. The first kappa shape index (κ1) is 17.8. The highest BCUT2D eigenvalue weighted by atomic mass is 16.5. The summed E-state index contributed by atoms with van der Waals surface area (Å²) in [7, 11) is 1.61. The van der Waals surface area contributed by atoms with Crippen LogP contribution in [0.2, 0.25) is 0 Å². The van der Waals surface area contributed by atoms with E-state index in [1.807, 2.05) is 30.3 Å². The quantitative estimate of drug-likeness (QED) is 0.749. The fourth-order valence-corrected chi connectivity index (χ4v) is 3.38. The Balaban J connectivity index is 1.49. The van der Waals surface area contributed by atoms with Gasteiger partial charge in [-0.3, -0.25) is 4.79 Å². The minimum atomic E-state index is -0.231. The number of carbonyl (C=O) groups is 1. The second-order valence-corrected chi connectivity index (χ2v) is 6.59. The number of aromatic amines is 1. The number of hydrogen-bond donors (Lipinski definition) is 1. The first-order chi connectivity index (χ1) is 13.7. The molecule has 0 bridgehead atoms. The molecule has 1 aliphatic rings. The van der Waals surface area contributed by atoms with Crippen molar-refractivity contribution in [3.05, 3.63) is 48.0 Å². The highest BCUT2D eigenvalue weighted by Gasteiger charge is 2.27. The number of hydrogen-bond acceptors (Lipinski definition) is 6. The lowest BCUT2D eigenvalue weighted by Crippen LogP contribution is -2.44. The van der Waals surface area contributed by atoms with Crippen LogP contribution in [0.3, 0.4) is 0 Å². The van der Waals surface area contributed by atoms with Gasteiger partial charge in [0.25, 0.3) is 11.8 Å². The molecular weight excluding hydrogens is 358 g/mol. The second kappa shape index (κ2) is 7.56. The van der Waals surface area contributed by atoms with E-state index in [1.54, 1.807) is 12.0 Å². The number of rotatable bonds is 4. The molecule has 2 aromatic heterocycles. The topological polar surface area (TPSA) is 104 Å². The van der Waals surface area contributed by atoms with Crippen molar-refractivity contribution in [1.82, 2.24) is 19.9 Å². The highest BCUT2D eigenvalue weighted by molar-refractivity contribution is 5.98. The Kier molecular flexibility index (Phi) is 4.81. The number of nitrogens with one attached hydrogen (secondary N) is 1. The molecule has 142 valence electrons. The van der Waals surface area contributed by atoms with Gasteiger partial charge in [0.1, 0.15) is 23.6 Å². The molecule has 3 heterocycles. The van der Waals surface area contributed by atoms with Crippen molar-refractivity contribution in [1.29, 1.82) is 5.26 Å². The molecule has 1 N–H and O–H groups in total. The number of benzene rings is 1. The summed E-state index contributed by atoms with van der Waals surface area (Å²) in [5, 5.41) is 10.1. The van der Waals surface area contributed by atoms with E-state index >= 15 is 0 Å². The first-order valence-electron chi connectivity index (χ1n) is 9.01. The van der Waals surface area contributed by atoms with Crippen LogP contribution >= 0.6 is 0 Å². The summed E-state index contributed by atoms with van der Waals surface area (Å²) < 4.78 is 11.1. The molecule has 1 aliphatic heterocycles. The van der Waals surface area contributed by atoms with Crippen LogP contribution in [0.15, 0.2) is 36.7 Å². The van der Waals surface area contributed by atoms with Crippen molar-refractivity contribution in [2.24, 2.45) is 0 Å². The van der Waals surface area contributed by atoms with Gasteiger partial charge in [0.2, 0.25) is 5.69 Å². The number of ether oxygens (including phenoxy) is 2. The minimum Gasteiger partial charge on any atom is -0.497 e. The lowest BCUT2D eigenvalue weighted by atomic mass is 10.1. The van der Waals surface area contributed by atoms with Crippen LogP contribution in [-0.2, 0) is 0 Å². The Morgan fingerprint density at radius 3 is 3.00 bits per heavy atom. The standard InChI is InChI=1S/C20H19N5O3/c1-27-14-5-4-13-9-17(24-16(13)10-14)20(26)25-8-2-3-15(12-25)28-19-18(11-21)22-6-7-23-19/h4-7,9-10,15,24H,2-3,8,12H2,1H3/t15-/m1/s1. The van der Waals surface area contributed by atoms with Gasteiger partial charge in [-0.15, -0.1) is 0 Å². The van der Waals surface area contributed by atoms with Gasteiger partial charge in [-0.05, 0) is 31.0 Å². The molecule has 28 heavy (non-hydrogen) atoms. The van der Waals surface area contributed by atoms with Gasteiger partial charge in [0.15, 0.2) is 0 Å². The van der Waals surface area contributed by atoms with E-state index in [0.717, 1.165) is 29.5 Å². The number of carbonyl (C=O) groups excluding carboxylic acids is 1. The number of aromatic nitrogens is 3. The van der Waals surface area contributed by atoms with Gasteiger partial charge in [0, 0.05) is 35.9 Å². The SMILES string of the molecule is COc1ccc2cc(C(=O)N3CCC[C@@H](Oc4nccnc4C#N)C3)[nH]c2c1. The Bertz CT molecular complexity index is 1060. The number of nitriles is 1. The number of piperidine rings is 1. The molecule has 4 rings (SSSR count). The van der Waals surface area contributed by atoms with Crippen LogP contribution in [0.1, 0.15) is 29.0 Å². The molecule has 0 saturated carbocycles. The first-order valence-corrected chi connectivity index (χ1v) is 9.01. The molecule has 3 aromatic rings. The van der Waals surface area contributed by atoms with Crippen molar-refractivity contribution >= 4 is 16.8 Å². The maximum atomic E-state index is 13.0. The molecule has 1 atom stereocenters. The maximum Gasteiger partial charge on any atom is 0.270 e. The Labute approximate surface area is 161 Å². The van der Waals surface area contributed by atoms with E-state index in [4.69, 9.17) is 14.7 Å². The van der Waals surface area contributed by atoms with Crippen molar-refractivity contribution in [2.45, 2.75) is 18.9 Å². The van der Waals surface area contributed by atoms with Crippen LogP contribution in [0.25, 0.3) is 10.9 Å². The average molecular weight is 377 g/mol. The molecule has 0 unspecified atom stereocenters. The van der Waals surface area contributed by atoms with Crippen molar-refractivity contribution in [3.8, 4) is 17.7 Å².